The fourth-order valence-corrected chi connectivity index (χ4v) is 13.1. The van der Waals surface area contributed by atoms with Crippen LogP contribution in [0.2, 0.25) is 0 Å². The molecule has 0 aliphatic heterocycles. The van der Waals surface area contributed by atoms with E-state index in [1.807, 2.05) is 30.3 Å². The summed E-state index contributed by atoms with van der Waals surface area (Å²) in [6.07, 6.45) is 0. The van der Waals surface area contributed by atoms with Gasteiger partial charge in [0.05, 0.1) is 3.83 Å². The van der Waals surface area contributed by atoms with Crippen molar-refractivity contribution in [1.29, 1.82) is 0 Å². The molecule has 0 fully saturated rings. The third-order valence-electron chi connectivity index (χ3n) is 8.24. The van der Waals surface area contributed by atoms with Crippen molar-refractivity contribution in [2.24, 2.45) is 0 Å². The molecule has 0 N–H and O–H groups in total. The van der Waals surface area contributed by atoms with Gasteiger partial charge >= 0.3 is 8.41 Å². The molecule has 1 unspecified atom stereocenters. The molecule has 4 heteroatoms. The minimum atomic E-state index is -3.89. The van der Waals surface area contributed by atoms with E-state index >= 15 is 4.11 Å². The Hall–Kier alpha value is -1.54. The normalized spacial score (nSPS) is 14.3. The van der Waals surface area contributed by atoms with E-state index in [2.05, 4.69) is 123 Å². The first-order valence-corrected chi connectivity index (χ1v) is 19.0. The Morgan fingerprint density at radius 2 is 0.951 bits per heavy atom. The highest BCUT2D eigenvalue weighted by Crippen LogP contribution is 2.34. The van der Waals surface area contributed by atoms with Gasteiger partial charge in [0, 0.05) is 5.30 Å². The van der Waals surface area contributed by atoms with Crippen molar-refractivity contribution in [1.82, 2.24) is 0 Å². The van der Waals surface area contributed by atoms with E-state index in [9.17, 15) is 0 Å². The SMILES string of the molecule is CC(C)c1cc(C(C)C)c(P=C(Br)[Si](F)(c2ccccc2)c2c(C(C)C)cc(C(C)C)cc2C(C)C)c(C(C)C)c1. The summed E-state index contributed by atoms with van der Waals surface area (Å²) in [5, 5.41) is 3.04. The van der Waals surface area contributed by atoms with Crippen LogP contribution in [0.15, 0.2) is 54.6 Å². The third kappa shape index (κ3) is 7.17. The van der Waals surface area contributed by atoms with Crippen molar-refractivity contribution in [3.63, 3.8) is 0 Å². The van der Waals surface area contributed by atoms with Gasteiger partial charge in [0.15, 0.2) is 0 Å². The van der Waals surface area contributed by atoms with Gasteiger partial charge in [-0.05, 0) is 79.3 Å². The molecule has 222 valence electrons. The van der Waals surface area contributed by atoms with Crippen LogP contribution < -0.4 is 15.7 Å². The van der Waals surface area contributed by atoms with Crippen molar-refractivity contribution < 1.29 is 4.11 Å². The highest BCUT2D eigenvalue weighted by Gasteiger charge is 2.47. The van der Waals surface area contributed by atoms with Gasteiger partial charge in [0.2, 0.25) is 0 Å². The molecule has 3 rings (SSSR count). The van der Waals surface area contributed by atoms with Crippen molar-refractivity contribution in [3.05, 3.63) is 88.0 Å². The highest BCUT2D eigenvalue weighted by atomic mass is 79.9. The Morgan fingerprint density at radius 1 is 0.585 bits per heavy atom. The quantitative estimate of drug-likeness (QED) is 0.116. The summed E-state index contributed by atoms with van der Waals surface area (Å²) in [6.45, 7) is 27.0. The van der Waals surface area contributed by atoms with Gasteiger partial charge in [-0.15, -0.1) is 0 Å². The van der Waals surface area contributed by atoms with E-state index in [-0.39, 0.29) is 11.8 Å². The predicted octanol–water partition coefficient (Wildman–Crippen LogP) is 10.8. The largest absolute Gasteiger partial charge is 0.351 e. The zero-order chi connectivity index (χ0) is 30.8. The van der Waals surface area contributed by atoms with Gasteiger partial charge in [-0.25, -0.2) is 0 Å². The van der Waals surface area contributed by atoms with Gasteiger partial charge in [0.1, 0.15) is 0 Å². The maximum atomic E-state index is 18.8. The van der Waals surface area contributed by atoms with Crippen LogP contribution in [0.25, 0.3) is 0 Å². The molecule has 1 atom stereocenters. The third-order valence-corrected chi connectivity index (χ3v) is 15.6. The first-order chi connectivity index (χ1) is 19.1. The smallest absolute Gasteiger partial charge is 0.295 e. The summed E-state index contributed by atoms with van der Waals surface area (Å²) in [5.74, 6) is 1.97. The van der Waals surface area contributed by atoms with E-state index in [4.69, 9.17) is 0 Å². The van der Waals surface area contributed by atoms with Gasteiger partial charge in [-0.3, -0.25) is 4.11 Å². The van der Waals surface area contributed by atoms with Gasteiger partial charge in [-0.1, -0.05) is 162 Å². The van der Waals surface area contributed by atoms with Crippen molar-refractivity contribution in [2.45, 2.75) is 119 Å². The van der Waals surface area contributed by atoms with Crippen LogP contribution in [0.5, 0.6) is 0 Å². The summed E-state index contributed by atoms with van der Waals surface area (Å²) < 4.78 is 19.6. The Kier molecular flexibility index (Phi) is 11.5. The molecule has 0 spiro atoms. The Labute approximate surface area is 261 Å². The lowest BCUT2D eigenvalue weighted by molar-refractivity contribution is 0.798. The van der Waals surface area contributed by atoms with Gasteiger partial charge in [-0.2, -0.15) is 0 Å². The maximum absolute atomic E-state index is 18.8. The summed E-state index contributed by atoms with van der Waals surface area (Å²) in [6, 6.07) is 19.4. The summed E-state index contributed by atoms with van der Waals surface area (Å²) in [7, 11) is -2.95. The number of halogens is 2. The Morgan fingerprint density at radius 3 is 1.29 bits per heavy atom. The highest BCUT2D eigenvalue weighted by molar-refractivity contribution is 9.20. The van der Waals surface area contributed by atoms with Crippen LogP contribution in [0, 0.1) is 0 Å². The maximum Gasteiger partial charge on any atom is 0.351 e. The monoisotopic (exact) mass is 652 g/mol. The molecule has 41 heavy (non-hydrogen) atoms. The zero-order valence-corrected chi connectivity index (χ0v) is 30.8. The molecular weight excluding hydrogens is 602 g/mol. The molecule has 0 saturated carbocycles. The molecule has 0 aliphatic rings. The van der Waals surface area contributed by atoms with E-state index in [1.54, 1.807) is 0 Å². The number of rotatable bonds is 10. The van der Waals surface area contributed by atoms with Gasteiger partial charge < -0.3 is 0 Å². The van der Waals surface area contributed by atoms with Crippen LogP contribution >= 0.6 is 24.1 Å². The molecule has 0 saturated heterocycles. The fourth-order valence-electron chi connectivity index (χ4n) is 5.61. The molecule has 0 heterocycles. The summed E-state index contributed by atoms with van der Waals surface area (Å²) in [5.41, 5.74) is 7.67. The molecule has 3 aromatic rings. The topological polar surface area (TPSA) is 0 Å². The molecule has 0 bridgehead atoms. The number of hydrogen-bond donors (Lipinski definition) is 0. The van der Waals surface area contributed by atoms with Crippen molar-refractivity contribution in [2.75, 3.05) is 0 Å². The van der Waals surface area contributed by atoms with Gasteiger partial charge in [0.25, 0.3) is 0 Å². The van der Waals surface area contributed by atoms with Crippen LogP contribution in [0.4, 0.5) is 4.11 Å². The average Bonchev–Trinajstić information content (AvgIpc) is 2.91. The Balaban J connectivity index is 2.52. The molecule has 0 amide bonds. The molecular formula is C37H51BrFPSi. The Bertz CT molecular complexity index is 1310. The first-order valence-electron chi connectivity index (χ1n) is 15.5. The van der Waals surface area contributed by atoms with Crippen LogP contribution in [0.3, 0.4) is 0 Å². The fraction of sp³-hybridized carbons (Fsp3) is 0.486. The van der Waals surface area contributed by atoms with E-state index in [1.165, 1.54) is 27.6 Å². The van der Waals surface area contributed by atoms with E-state index in [0.717, 1.165) is 33.5 Å². The molecule has 0 radical (unpaired) electrons. The molecule has 0 aliphatic carbocycles. The van der Waals surface area contributed by atoms with Crippen LogP contribution in [-0.4, -0.2) is 12.2 Å². The first kappa shape index (κ1) is 34.0. The van der Waals surface area contributed by atoms with Crippen molar-refractivity contribution >= 4 is 52.0 Å². The van der Waals surface area contributed by atoms with E-state index in [0.29, 0.717) is 23.7 Å². The minimum Gasteiger partial charge on any atom is -0.295 e. The second kappa shape index (κ2) is 13.8. The predicted molar refractivity (Wildman–Crippen MR) is 190 cm³/mol. The lowest BCUT2D eigenvalue weighted by Gasteiger charge is -2.32. The molecule has 0 aromatic heterocycles. The lowest BCUT2D eigenvalue weighted by atomic mass is 9.89. The second-order valence-corrected chi connectivity index (χ2v) is 20.0. The lowest BCUT2D eigenvalue weighted by Crippen LogP contribution is -2.62. The average molecular weight is 654 g/mol. The zero-order valence-electron chi connectivity index (χ0n) is 27.4. The minimum absolute atomic E-state index is 0.215. The standard InChI is InChI=1S/C37H51BrFPSi/c1-22(2)28-18-31(24(5)6)35(32(19-28)25(7)8)40-37(38)41(39,30-16-14-13-15-17-30)36-33(26(9)10)20-29(23(3)4)21-34(36)27(11)12/h13-27H,1-12H3. The number of hydrogen-bond acceptors (Lipinski definition) is 0. The van der Waals surface area contributed by atoms with Crippen LogP contribution in [-0.2, 0) is 0 Å². The van der Waals surface area contributed by atoms with Crippen LogP contribution in [0.1, 0.15) is 152 Å². The molecule has 0 nitrogen and oxygen atoms in total. The summed E-state index contributed by atoms with van der Waals surface area (Å²) in [4.78, 5) is 0. The molecule has 3 aromatic carbocycles. The summed E-state index contributed by atoms with van der Waals surface area (Å²) >= 11 is 4.03. The number of benzene rings is 3. The van der Waals surface area contributed by atoms with Crippen molar-refractivity contribution in [3.8, 4) is 0 Å². The van der Waals surface area contributed by atoms with E-state index < -0.39 is 8.41 Å². The second-order valence-electron chi connectivity index (χ2n) is 13.5.